The van der Waals surface area contributed by atoms with E-state index in [2.05, 4.69) is 10.6 Å². The van der Waals surface area contributed by atoms with Crippen LogP contribution in [0.2, 0.25) is 0 Å². The summed E-state index contributed by atoms with van der Waals surface area (Å²) >= 11 is 5.16. The van der Waals surface area contributed by atoms with Gasteiger partial charge in [-0.1, -0.05) is 4.21 Å². The average molecular weight is 327 g/mol. The zero-order valence-electron chi connectivity index (χ0n) is 10.7. The molecule has 1 unspecified atom stereocenters. The third kappa shape index (κ3) is 4.11. The van der Waals surface area contributed by atoms with E-state index in [1.807, 2.05) is 6.92 Å². The molecular weight excluding hydrogens is 308 g/mol. The Labute approximate surface area is 119 Å². The lowest BCUT2D eigenvalue weighted by atomic mass is 10.0. The van der Waals surface area contributed by atoms with Gasteiger partial charge in [0.2, 0.25) is 10.2 Å². The maximum Gasteiger partial charge on any atom is 0.216 e. The van der Waals surface area contributed by atoms with Gasteiger partial charge in [0.15, 0.2) is 20.7 Å². The first-order valence-corrected chi connectivity index (χ1v) is 10.2. The van der Waals surface area contributed by atoms with Gasteiger partial charge in [0.05, 0.1) is 23.1 Å². The van der Waals surface area contributed by atoms with E-state index in [0.29, 0.717) is 23.7 Å². The summed E-state index contributed by atoms with van der Waals surface area (Å²) in [5, 5.41) is 6.39. The summed E-state index contributed by atoms with van der Waals surface area (Å²) < 4.78 is 43.8. The zero-order valence-corrected chi connectivity index (χ0v) is 13.2. The highest BCUT2D eigenvalue weighted by atomic mass is 32.3. The maximum atomic E-state index is 11.5. The molecule has 6 nitrogen and oxygen atoms in total. The summed E-state index contributed by atoms with van der Waals surface area (Å²) in [6.45, 7) is 1.83. The van der Waals surface area contributed by atoms with Crippen molar-refractivity contribution in [3.8, 4) is 0 Å². The van der Waals surface area contributed by atoms with Crippen LogP contribution in [0.1, 0.15) is 19.8 Å². The molecule has 2 saturated heterocycles. The van der Waals surface area contributed by atoms with Crippen LogP contribution in [-0.4, -0.2) is 52.7 Å². The van der Waals surface area contributed by atoms with E-state index in [9.17, 15) is 17.2 Å². The quantitative estimate of drug-likeness (QED) is 0.476. The van der Waals surface area contributed by atoms with E-state index >= 15 is 0 Å². The molecule has 0 amide bonds. The second-order valence-electron chi connectivity index (χ2n) is 5.63. The van der Waals surface area contributed by atoms with Gasteiger partial charge in [-0.2, -0.15) is 4.55 Å². The van der Waals surface area contributed by atoms with Gasteiger partial charge in [0.25, 0.3) is 0 Å². The lowest BCUT2D eigenvalue weighted by Crippen LogP contribution is -2.53. The molecule has 3 N–H and O–H groups in total. The average Bonchev–Trinajstić information content (AvgIpc) is 2.66. The molecule has 0 radical (unpaired) electrons. The van der Waals surface area contributed by atoms with Crippen molar-refractivity contribution < 1.29 is 17.2 Å². The van der Waals surface area contributed by atoms with Crippen LogP contribution in [0.25, 0.3) is 0 Å². The maximum absolute atomic E-state index is 11.5. The minimum Gasteiger partial charge on any atom is -0.357 e. The molecule has 110 valence electrons. The highest BCUT2D eigenvalue weighted by Gasteiger charge is 2.41. The standard InChI is InChI=1S/C10H18N2O4S3/c1-10(3-5-19(15,16)7-10)12-9(17)11-8-2-4-18(13,14)6-8/h8H,2-7H2,1H3,(H2-,11,12,13,14,17)/p+1/t8-,10-/m0/s1. The van der Waals surface area contributed by atoms with E-state index in [1.165, 1.54) is 0 Å². The number of nitrogens with one attached hydrogen (secondary N) is 2. The van der Waals surface area contributed by atoms with Gasteiger partial charge < -0.3 is 10.6 Å². The Hall–Kier alpha value is -0.250. The molecule has 0 bridgehead atoms. The van der Waals surface area contributed by atoms with Crippen LogP contribution in [0.5, 0.6) is 0 Å². The lowest BCUT2D eigenvalue weighted by molar-refractivity contribution is 0.464. The zero-order chi connectivity index (χ0) is 14.3. The van der Waals surface area contributed by atoms with E-state index in [4.69, 9.17) is 12.2 Å². The molecule has 0 aliphatic carbocycles. The number of hydrogen-bond acceptors (Lipinski definition) is 4. The van der Waals surface area contributed by atoms with Crippen LogP contribution in [-0.2, 0) is 24.3 Å². The van der Waals surface area contributed by atoms with E-state index < -0.39 is 25.6 Å². The molecule has 0 aromatic rings. The Morgan fingerprint density at radius 1 is 1.53 bits per heavy atom. The van der Waals surface area contributed by atoms with E-state index in [0.717, 1.165) is 0 Å². The van der Waals surface area contributed by atoms with Crippen LogP contribution >= 0.6 is 12.2 Å². The fourth-order valence-electron chi connectivity index (χ4n) is 2.53. The first-order valence-electron chi connectivity index (χ1n) is 6.10. The summed E-state index contributed by atoms with van der Waals surface area (Å²) in [5.41, 5.74) is -0.540. The van der Waals surface area contributed by atoms with Crippen molar-refractivity contribution in [3.05, 3.63) is 0 Å². The van der Waals surface area contributed by atoms with Crippen molar-refractivity contribution >= 4 is 37.4 Å². The molecule has 3 atom stereocenters. The highest BCUT2D eigenvalue weighted by Crippen LogP contribution is 2.23. The molecule has 0 saturated carbocycles. The van der Waals surface area contributed by atoms with Crippen molar-refractivity contribution in [1.82, 2.24) is 10.6 Å². The molecule has 2 aliphatic rings. The topological polar surface area (TPSA) is 95.5 Å². The fraction of sp³-hybridized carbons (Fsp3) is 0.900. The SMILES string of the molecule is C[C@]1(NC(=S)N[C@H]2CC[S+](=O)(O)C2)CCS(=O)(=O)C1. The predicted molar refractivity (Wildman–Crippen MR) is 79.4 cm³/mol. The molecule has 9 heteroatoms. The van der Waals surface area contributed by atoms with Gasteiger partial charge in [-0.15, -0.1) is 0 Å². The summed E-state index contributed by atoms with van der Waals surface area (Å²) in [6, 6.07) is -0.112. The van der Waals surface area contributed by atoms with Gasteiger partial charge in [0, 0.05) is 6.42 Å². The number of hydrogen-bond donors (Lipinski definition) is 3. The van der Waals surface area contributed by atoms with Gasteiger partial charge in [-0.3, -0.25) is 0 Å². The van der Waals surface area contributed by atoms with Gasteiger partial charge in [-0.25, -0.2) is 8.42 Å². The van der Waals surface area contributed by atoms with Crippen LogP contribution in [0.15, 0.2) is 0 Å². The summed E-state index contributed by atoms with van der Waals surface area (Å²) in [4.78, 5) is 0. The van der Waals surface area contributed by atoms with E-state index in [1.54, 1.807) is 0 Å². The number of rotatable bonds is 2. The number of sulfone groups is 1. The normalized spacial score (nSPS) is 41.1. The van der Waals surface area contributed by atoms with Crippen LogP contribution < -0.4 is 10.6 Å². The third-order valence-corrected chi connectivity index (χ3v) is 7.42. The Kier molecular flexibility index (Phi) is 3.94. The molecule has 2 rings (SSSR count). The molecule has 0 spiro atoms. The third-order valence-electron chi connectivity index (χ3n) is 3.50. The molecular formula is C10H19N2O4S3+. The molecule has 0 aromatic carbocycles. The molecule has 2 fully saturated rings. The van der Waals surface area contributed by atoms with Crippen LogP contribution in [0, 0.1) is 0 Å². The van der Waals surface area contributed by atoms with Crippen molar-refractivity contribution in [1.29, 1.82) is 0 Å². The minimum atomic E-state index is -2.98. The molecule has 2 aliphatic heterocycles. The Balaban J connectivity index is 1.87. The van der Waals surface area contributed by atoms with Crippen molar-refractivity contribution in [2.45, 2.75) is 31.3 Å². The van der Waals surface area contributed by atoms with E-state index in [-0.39, 0.29) is 23.3 Å². The van der Waals surface area contributed by atoms with Crippen molar-refractivity contribution in [2.24, 2.45) is 0 Å². The van der Waals surface area contributed by atoms with Crippen molar-refractivity contribution in [2.75, 3.05) is 23.0 Å². The van der Waals surface area contributed by atoms with Gasteiger partial charge >= 0.3 is 0 Å². The second kappa shape index (κ2) is 4.94. The number of thiocarbonyl (C=S) groups is 1. The Morgan fingerprint density at radius 2 is 2.21 bits per heavy atom. The van der Waals surface area contributed by atoms with Crippen LogP contribution in [0.3, 0.4) is 0 Å². The molecule has 2 heterocycles. The fourth-order valence-corrected chi connectivity index (χ4v) is 6.73. The molecule has 19 heavy (non-hydrogen) atoms. The van der Waals surface area contributed by atoms with Crippen LogP contribution in [0.4, 0.5) is 0 Å². The smallest absolute Gasteiger partial charge is 0.216 e. The summed E-state index contributed by atoms with van der Waals surface area (Å²) in [7, 11) is -5.68. The van der Waals surface area contributed by atoms with Crippen molar-refractivity contribution in [3.63, 3.8) is 0 Å². The first kappa shape index (κ1) is 15.1. The lowest BCUT2D eigenvalue weighted by Gasteiger charge is -2.26. The molecule has 0 aromatic heterocycles. The summed E-state index contributed by atoms with van der Waals surface area (Å²) in [6.07, 6.45) is 1.13. The monoisotopic (exact) mass is 327 g/mol. The predicted octanol–water partition coefficient (Wildman–Crippen LogP) is -0.227. The van der Waals surface area contributed by atoms with Gasteiger partial charge in [0.1, 0.15) is 5.75 Å². The van der Waals surface area contributed by atoms with Gasteiger partial charge in [-0.05, 0) is 25.6 Å². The largest absolute Gasteiger partial charge is 0.357 e. The Morgan fingerprint density at radius 3 is 2.68 bits per heavy atom. The second-order valence-corrected chi connectivity index (χ2v) is 10.5. The first-order chi connectivity index (χ1) is 8.59. The minimum absolute atomic E-state index is 0.0726. The summed E-state index contributed by atoms with van der Waals surface area (Å²) in [5.74, 6) is 0.735. The highest BCUT2D eigenvalue weighted by molar-refractivity contribution is 7.98. The Bertz CT molecular complexity index is 533.